The Hall–Kier alpha value is -0.170. The average molecular weight is 292 g/mol. The minimum Gasteiger partial charge on any atom is -0.374 e. The Kier molecular flexibility index (Phi) is 5.79. The van der Waals surface area contributed by atoms with Crippen molar-refractivity contribution in [3.05, 3.63) is 0 Å². The summed E-state index contributed by atoms with van der Waals surface area (Å²) < 4.78 is 29.1. The molecule has 6 heteroatoms. The Balaban J connectivity index is 2.61. The van der Waals surface area contributed by atoms with E-state index >= 15 is 0 Å². The van der Waals surface area contributed by atoms with E-state index in [1.54, 1.807) is 0 Å². The Labute approximate surface area is 117 Å². The minimum atomic E-state index is -2.95. The molecule has 3 atom stereocenters. The van der Waals surface area contributed by atoms with E-state index in [9.17, 15) is 8.42 Å². The van der Waals surface area contributed by atoms with Gasteiger partial charge in [0.15, 0.2) is 0 Å². The number of hydrazine groups is 1. The third kappa shape index (κ3) is 5.77. The Bertz CT molecular complexity index is 376. The lowest BCUT2D eigenvalue weighted by atomic mass is 9.84. The van der Waals surface area contributed by atoms with Crippen LogP contribution in [0.2, 0.25) is 0 Å². The molecule has 0 aromatic rings. The van der Waals surface area contributed by atoms with Gasteiger partial charge in [0.05, 0.1) is 17.5 Å². The maximum absolute atomic E-state index is 11.7. The second-order valence-electron chi connectivity index (χ2n) is 6.57. The third-order valence-electron chi connectivity index (χ3n) is 3.75. The van der Waals surface area contributed by atoms with Gasteiger partial charge in [-0.15, -0.1) is 0 Å². The molecule has 1 aliphatic carbocycles. The summed E-state index contributed by atoms with van der Waals surface area (Å²) in [6.07, 6.45) is 4.73. The van der Waals surface area contributed by atoms with E-state index < -0.39 is 9.84 Å². The van der Waals surface area contributed by atoms with Gasteiger partial charge in [-0.25, -0.2) is 8.42 Å². The highest BCUT2D eigenvalue weighted by Gasteiger charge is 2.33. The monoisotopic (exact) mass is 292 g/mol. The molecule has 1 rings (SSSR count). The van der Waals surface area contributed by atoms with Gasteiger partial charge in [0.1, 0.15) is 9.84 Å². The Morgan fingerprint density at radius 1 is 1.37 bits per heavy atom. The van der Waals surface area contributed by atoms with Crippen LogP contribution in [-0.2, 0) is 14.6 Å². The molecular formula is C13H28N2O3S. The zero-order valence-electron chi connectivity index (χ0n) is 12.5. The first-order chi connectivity index (χ1) is 8.63. The summed E-state index contributed by atoms with van der Waals surface area (Å²) in [7, 11) is -2.95. The van der Waals surface area contributed by atoms with Gasteiger partial charge < -0.3 is 4.74 Å². The lowest BCUT2D eigenvalue weighted by Crippen LogP contribution is -2.48. The van der Waals surface area contributed by atoms with E-state index in [0.717, 1.165) is 19.3 Å². The smallest absolute Gasteiger partial charge is 0.150 e. The summed E-state index contributed by atoms with van der Waals surface area (Å²) >= 11 is 0. The fraction of sp³-hybridized carbons (Fsp3) is 1.00. The van der Waals surface area contributed by atoms with Crippen molar-refractivity contribution in [2.45, 2.75) is 63.3 Å². The summed E-state index contributed by atoms with van der Waals surface area (Å²) in [5.41, 5.74) is 2.59. The zero-order valence-corrected chi connectivity index (χ0v) is 13.3. The van der Waals surface area contributed by atoms with Gasteiger partial charge in [-0.3, -0.25) is 11.3 Å². The molecular weight excluding hydrogens is 264 g/mol. The van der Waals surface area contributed by atoms with Crippen molar-refractivity contribution in [3.8, 4) is 0 Å². The SMILES string of the molecule is CC(C)(C)OCC(NN)C1CCCC(S(C)(=O)=O)C1. The van der Waals surface area contributed by atoms with Gasteiger partial charge >= 0.3 is 0 Å². The van der Waals surface area contributed by atoms with Crippen molar-refractivity contribution in [1.82, 2.24) is 5.43 Å². The number of nitrogens with two attached hydrogens (primary N) is 1. The molecule has 3 unspecified atom stereocenters. The molecule has 1 fully saturated rings. The normalized spacial score (nSPS) is 27.2. The molecule has 0 heterocycles. The van der Waals surface area contributed by atoms with E-state index in [4.69, 9.17) is 10.6 Å². The number of ether oxygens (including phenoxy) is 1. The molecule has 19 heavy (non-hydrogen) atoms. The van der Waals surface area contributed by atoms with Gasteiger partial charge in [0.2, 0.25) is 0 Å². The summed E-state index contributed by atoms with van der Waals surface area (Å²) in [4.78, 5) is 0. The third-order valence-corrected chi connectivity index (χ3v) is 5.39. The molecule has 0 aromatic heterocycles. The van der Waals surface area contributed by atoms with Crippen LogP contribution in [-0.4, -0.2) is 38.2 Å². The summed E-state index contributed by atoms with van der Waals surface area (Å²) in [5, 5.41) is -0.225. The first-order valence-electron chi connectivity index (χ1n) is 6.92. The van der Waals surface area contributed by atoms with Crippen LogP contribution in [0, 0.1) is 5.92 Å². The number of rotatable bonds is 5. The second-order valence-corrected chi connectivity index (χ2v) is 8.90. The summed E-state index contributed by atoms with van der Waals surface area (Å²) in [5.74, 6) is 5.87. The van der Waals surface area contributed by atoms with Crippen molar-refractivity contribution in [2.24, 2.45) is 11.8 Å². The van der Waals surface area contributed by atoms with Crippen molar-refractivity contribution in [1.29, 1.82) is 0 Å². The van der Waals surface area contributed by atoms with Gasteiger partial charge in [-0.2, -0.15) is 0 Å². The number of hydrogen-bond donors (Lipinski definition) is 2. The molecule has 0 spiro atoms. The van der Waals surface area contributed by atoms with Crippen molar-refractivity contribution < 1.29 is 13.2 Å². The van der Waals surface area contributed by atoms with Gasteiger partial charge in [-0.1, -0.05) is 6.42 Å². The topological polar surface area (TPSA) is 81.4 Å². The Morgan fingerprint density at radius 3 is 2.47 bits per heavy atom. The van der Waals surface area contributed by atoms with Crippen LogP contribution in [0.25, 0.3) is 0 Å². The van der Waals surface area contributed by atoms with E-state index in [1.165, 1.54) is 6.26 Å². The molecule has 0 saturated heterocycles. The minimum absolute atomic E-state index is 0.0174. The summed E-state index contributed by atoms with van der Waals surface area (Å²) in [6.45, 7) is 6.52. The van der Waals surface area contributed by atoms with Crippen LogP contribution in [0.15, 0.2) is 0 Å². The fourth-order valence-corrected chi connectivity index (χ4v) is 3.79. The molecule has 1 saturated carbocycles. The fourth-order valence-electron chi connectivity index (χ4n) is 2.60. The quantitative estimate of drug-likeness (QED) is 0.588. The standard InChI is InChI=1S/C13H28N2O3S/c1-13(2,3)18-9-12(15-14)10-6-5-7-11(8-10)19(4,16)17/h10-12,15H,5-9,14H2,1-4H3. The van der Waals surface area contributed by atoms with Gasteiger partial charge in [0.25, 0.3) is 0 Å². The highest BCUT2D eigenvalue weighted by atomic mass is 32.2. The van der Waals surface area contributed by atoms with E-state index in [1.807, 2.05) is 20.8 Å². The van der Waals surface area contributed by atoms with Crippen molar-refractivity contribution in [2.75, 3.05) is 12.9 Å². The highest BCUT2D eigenvalue weighted by molar-refractivity contribution is 7.91. The van der Waals surface area contributed by atoms with E-state index in [-0.39, 0.29) is 22.8 Å². The molecule has 114 valence electrons. The van der Waals surface area contributed by atoms with Crippen molar-refractivity contribution in [3.63, 3.8) is 0 Å². The molecule has 0 bridgehead atoms. The van der Waals surface area contributed by atoms with E-state index in [0.29, 0.717) is 13.0 Å². The molecule has 0 radical (unpaired) electrons. The predicted molar refractivity (Wildman–Crippen MR) is 77.4 cm³/mol. The molecule has 5 nitrogen and oxygen atoms in total. The number of sulfone groups is 1. The van der Waals surface area contributed by atoms with Crippen LogP contribution in [0.5, 0.6) is 0 Å². The number of nitrogens with one attached hydrogen (secondary N) is 1. The van der Waals surface area contributed by atoms with Crippen molar-refractivity contribution >= 4 is 9.84 Å². The van der Waals surface area contributed by atoms with Crippen LogP contribution in [0.1, 0.15) is 46.5 Å². The highest BCUT2D eigenvalue weighted by Crippen LogP contribution is 2.31. The predicted octanol–water partition coefficient (Wildman–Crippen LogP) is 1.24. The summed E-state index contributed by atoms with van der Waals surface area (Å²) in [6, 6.07) is 0.0174. The van der Waals surface area contributed by atoms with Crippen LogP contribution in [0.3, 0.4) is 0 Å². The molecule has 0 amide bonds. The first-order valence-corrected chi connectivity index (χ1v) is 8.88. The maximum Gasteiger partial charge on any atom is 0.150 e. The molecule has 0 aromatic carbocycles. The van der Waals surface area contributed by atoms with Crippen LogP contribution >= 0.6 is 0 Å². The number of hydrogen-bond acceptors (Lipinski definition) is 5. The van der Waals surface area contributed by atoms with E-state index in [2.05, 4.69) is 5.43 Å². The second kappa shape index (κ2) is 6.52. The zero-order chi connectivity index (χ0) is 14.7. The lowest BCUT2D eigenvalue weighted by molar-refractivity contribution is -0.0246. The van der Waals surface area contributed by atoms with Gasteiger partial charge in [0, 0.05) is 12.3 Å². The lowest BCUT2D eigenvalue weighted by Gasteiger charge is -2.34. The maximum atomic E-state index is 11.7. The largest absolute Gasteiger partial charge is 0.374 e. The molecule has 1 aliphatic rings. The first kappa shape index (κ1) is 16.9. The average Bonchev–Trinajstić information content (AvgIpc) is 2.27. The van der Waals surface area contributed by atoms with Gasteiger partial charge in [-0.05, 0) is 46.0 Å². The Morgan fingerprint density at radius 2 is 2.00 bits per heavy atom. The van der Waals surface area contributed by atoms with Crippen LogP contribution in [0.4, 0.5) is 0 Å². The van der Waals surface area contributed by atoms with Crippen LogP contribution < -0.4 is 11.3 Å². The molecule has 3 N–H and O–H groups in total. The molecule has 0 aliphatic heterocycles.